The second kappa shape index (κ2) is 8.75. The number of rotatable bonds is 5. The molecule has 3 aliphatic rings. The first-order valence-electron chi connectivity index (χ1n) is 11.9. The van der Waals surface area contributed by atoms with E-state index in [2.05, 4.69) is 50.5 Å². The van der Waals surface area contributed by atoms with Crippen LogP contribution < -0.4 is 5.32 Å². The number of piperidine rings is 3. The Balaban J connectivity index is 1.29. The molecule has 0 unspecified atom stereocenters. The number of anilines is 1. The maximum absolute atomic E-state index is 12.8. The second-order valence-electron chi connectivity index (χ2n) is 9.86. The van der Waals surface area contributed by atoms with Gasteiger partial charge in [0.25, 0.3) is 0 Å². The maximum atomic E-state index is 12.8. The lowest BCUT2D eigenvalue weighted by Crippen LogP contribution is -2.64. The van der Waals surface area contributed by atoms with Crippen molar-refractivity contribution >= 4 is 11.6 Å². The van der Waals surface area contributed by atoms with Crippen LogP contribution in [0.15, 0.2) is 36.5 Å². The number of carbonyl (C=O) groups excluding carboxylic acids is 1. The van der Waals surface area contributed by atoms with E-state index in [9.17, 15) is 4.79 Å². The molecule has 1 amide bonds. The van der Waals surface area contributed by atoms with E-state index in [0.717, 1.165) is 30.9 Å². The van der Waals surface area contributed by atoms with Crippen LogP contribution in [0.2, 0.25) is 0 Å². The van der Waals surface area contributed by atoms with Crippen LogP contribution in [-0.4, -0.2) is 63.8 Å². The summed E-state index contributed by atoms with van der Waals surface area (Å²) < 4.78 is 1.75. The highest BCUT2D eigenvalue weighted by Gasteiger charge is 2.47. The van der Waals surface area contributed by atoms with Gasteiger partial charge < -0.3 is 5.32 Å². The Morgan fingerprint density at radius 1 is 1.16 bits per heavy atom. The molecule has 3 saturated heterocycles. The monoisotopic (exact) mass is 421 g/mol. The van der Waals surface area contributed by atoms with Crippen molar-refractivity contribution in [3.8, 4) is 0 Å². The fourth-order valence-electron chi connectivity index (χ4n) is 6.39. The fourth-order valence-corrected chi connectivity index (χ4v) is 6.39. The Hall–Kier alpha value is -2.18. The van der Waals surface area contributed by atoms with Gasteiger partial charge in [0.2, 0.25) is 5.91 Å². The molecule has 4 heterocycles. The maximum Gasteiger partial charge on any atom is 0.238 e. The van der Waals surface area contributed by atoms with Gasteiger partial charge in [-0.25, -0.2) is 0 Å². The second-order valence-corrected chi connectivity index (χ2v) is 9.86. The molecule has 2 bridgehead atoms. The first-order valence-corrected chi connectivity index (χ1v) is 11.9. The summed E-state index contributed by atoms with van der Waals surface area (Å²) in [5, 5.41) is 7.41. The van der Waals surface area contributed by atoms with Crippen molar-refractivity contribution in [2.45, 2.75) is 51.1 Å². The van der Waals surface area contributed by atoms with Gasteiger partial charge >= 0.3 is 0 Å². The zero-order valence-corrected chi connectivity index (χ0v) is 18.8. The van der Waals surface area contributed by atoms with Crippen molar-refractivity contribution in [1.82, 2.24) is 19.6 Å². The van der Waals surface area contributed by atoms with Crippen LogP contribution in [-0.2, 0) is 18.3 Å². The number of nitrogens with zero attached hydrogens (tertiary/aromatic N) is 4. The summed E-state index contributed by atoms with van der Waals surface area (Å²) >= 11 is 0. The number of aryl methyl sites for hydroxylation is 2. The number of hydrogen-bond donors (Lipinski definition) is 1. The standard InChI is InChI=1S/C25H35N5O/c1-18-22(16-28(2)27-18)26-25(31)17-29-14-20-13-21(15-29)24(12-19-8-4-3-5-9-19)30-11-7-6-10-23(20)30/h3-5,8-9,16,20-21,23-24H,6-7,10-15,17H2,1-2H3,(H,26,31)/t20-,21+,23+,24+/m1/s1. The number of hydrogen-bond acceptors (Lipinski definition) is 4. The summed E-state index contributed by atoms with van der Waals surface area (Å²) in [6.07, 6.45) is 8.33. The van der Waals surface area contributed by atoms with Crippen LogP contribution in [0.3, 0.4) is 0 Å². The summed E-state index contributed by atoms with van der Waals surface area (Å²) in [4.78, 5) is 18.1. The first kappa shape index (κ1) is 20.7. The van der Waals surface area contributed by atoms with Crippen molar-refractivity contribution in [2.75, 3.05) is 31.5 Å². The molecule has 0 saturated carbocycles. The lowest BCUT2D eigenvalue weighted by molar-refractivity contribution is -0.120. The van der Waals surface area contributed by atoms with Crippen LogP contribution in [0.4, 0.5) is 5.69 Å². The van der Waals surface area contributed by atoms with Gasteiger partial charge in [0.1, 0.15) is 0 Å². The van der Waals surface area contributed by atoms with Gasteiger partial charge in [0.15, 0.2) is 0 Å². The van der Waals surface area contributed by atoms with E-state index in [1.165, 1.54) is 37.8 Å². The molecule has 0 spiro atoms. The number of aromatic nitrogens is 2. The Morgan fingerprint density at radius 3 is 2.74 bits per heavy atom. The minimum Gasteiger partial charge on any atom is -0.322 e. The third kappa shape index (κ3) is 4.41. The van der Waals surface area contributed by atoms with Gasteiger partial charge in [-0.15, -0.1) is 0 Å². The summed E-state index contributed by atoms with van der Waals surface area (Å²) in [6.45, 7) is 5.74. The molecule has 6 heteroatoms. The van der Waals surface area contributed by atoms with Crippen molar-refractivity contribution in [3.05, 3.63) is 47.8 Å². The first-order chi connectivity index (χ1) is 15.1. The molecule has 166 valence electrons. The molecule has 1 aromatic heterocycles. The van der Waals surface area contributed by atoms with E-state index in [1.54, 1.807) is 4.68 Å². The largest absolute Gasteiger partial charge is 0.322 e. The fraction of sp³-hybridized carbons (Fsp3) is 0.600. The van der Waals surface area contributed by atoms with Crippen molar-refractivity contribution in [2.24, 2.45) is 18.9 Å². The molecule has 3 fully saturated rings. The summed E-state index contributed by atoms with van der Waals surface area (Å²) in [5.74, 6) is 1.41. The summed E-state index contributed by atoms with van der Waals surface area (Å²) in [6, 6.07) is 12.2. The molecular weight excluding hydrogens is 386 g/mol. The highest BCUT2D eigenvalue weighted by atomic mass is 16.2. The lowest BCUT2D eigenvalue weighted by Gasteiger charge is -2.57. The van der Waals surface area contributed by atoms with Crippen molar-refractivity contribution in [3.63, 3.8) is 0 Å². The van der Waals surface area contributed by atoms with Gasteiger partial charge in [-0.3, -0.25) is 19.3 Å². The predicted molar refractivity (Wildman–Crippen MR) is 123 cm³/mol. The summed E-state index contributed by atoms with van der Waals surface area (Å²) in [5.41, 5.74) is 3.13. The van der Waals surface area contributed by atoms with E-state index >= 15 is 0 Å². The number of nitrogens with one attached hydrogen (secondary N) is 1. The third-order valence-corrected chi connectivity index (χ3v) is 7.64. The Bertz CT molecular complexity index is 910. The molecule has 3 aliphatic heterocycles. The number of likely N-dealkylation sites (tertiary alicyclic amines) is 1. The van der Waals surface area contributed by atoms with Gasteiger partial charge in [0, 0.05) is 38.4 Å². The average Bonchev–Trinajstić information content (AvgIpc) is 3.08. The van der Waals surface area contributed by atoms with Gasteiger partial charge in [-0.2, -0.15) is 5.10 Å². The Morgan fingerprint density at radius 2 is 1.97 bits per heavy atom. The topological polar surface area (TPSA) is 53.4 Å². The normalized spacial score (nSPS) is 28.8. The van der Waals surface area contributed by atoms with E-state index in [-0.39, 0.29) is 5.91 Å². The highest BCUT2D eigenvalue weighted by Crippen LogP contribution is 2.42. The van der Waals surface area contributed by atoms with E-state index < -0.39 is 0 Å². The van der Waals surface area contributed by atoms with Gasteiger partial charge in [-0.1, -0.05) is 36.8 Å². The van der Waals surface area contributed by atoms with E-state index in [1.807, 2.05) is 20.2 Å². The minimum absolute atomic E-state index is 0.0798. The van der Waals surface area contributed by atoms with Crippen LogP contribution in [0.1, 0.15) is 36.9 Å². The van der Waals surface area contributed by atoms with Crippen molar-refractivity contribution in [1.29, 1.82) is 0 Å². The molecule has 5 rings (SSSR count). The molecular formula is C25H35N5O. The lowest BCUT2D eigenvalue weighted by atomic mass is 9.71. The molecule has 31 heavy (non-hydrogen) atoms. The van der Waals surface area contributed by atoms with Crippen LogP contribution in [0.25, 0.3) is 0 Å². The molecule has 4 atom stereocenters. The van der Waals surface area contributed by atoms with Crippen molar-refractivity contribution < 1.29 is 4.79 Å². The number of carbonyl (C=O) groups is 1. The molecule has 2 aromatic rings. The van der Waals surface area contributed by atoms with Gasteiger partial charge in [0.05, 0.1) is 17.9 Å². The zero-order chi connectivity index (χ0) is 21.4. The smallest absolute Gasteiger partial charge is 0.238 e. The van der Waals surface area contributed by atoms with Crippen LogP contribution in [0.5, 0.6) is 0 Å². The van der Waals surface area contributed by atoms with Crippen LogP contribution in [0, 0.1) is 18.8 Å². The Labute approximate surface area is 185 Å². The highest BCUT2D eigenvalue weighted by molar-refractivity contribution is 5.92. The molecule has 1 N–H and O–H groups in total. The molecule has 0 aliphatic carbocycles. The molecule has 6 nitrogen and oxygen atoms in total. The number of amides is 1. The molecule has 1 aromatic carbocycles. The SMILES string of the molecule is Cc1nn(C)cc1NC(=O)CN1C[C@H]2C[C@@H](C1)[C@H](Cc1ccccc1)N1CCCC[C@@H]21. The minimum atomic E-state index is 0.0798. The van der Waals surface area contributed by atoms with E-state index in [4.69, 9.17) is 0 Å². The van der Waals surface area contributed by atoms with Gasteiger partial charge in [-0.05, 0) is 56.6 Å². The number of fused-ring (bicyclic) bond motifs is 4. The Kier molecular flexibility index (Phi) is 5.85. The third-order valence-electron chi connectivity index (χ3n) is 7.64. The quantitative estimate of drug-likeness (QED) is 0.806. The van der Waals surface area contributed by atoms with E-state index in [0.29, 0.717) is 30.5 Å². The predicted octanol–water partition coefficient (Wildman–Crippen LogP) is 3.08. The summed E-state index contributed by atoms with van der Waals surface area (Å²) in [7, 11) is 1.89. The molecule has 0 radical (unpaired) electrons. The zero-order valence-electron chi connectivity index (χ0n) is 18.8. The number of benzene rings is 1. The van der Waals surface area contributed by atoms with Crippen LogP contribution >= 0.6 is 0 Å². The average molecular weight is 422 g/mol.